The number of hydrogen-bond donors (Lipinski definition) is 2. The van der Waals surface area contributed by atoms with Gasteiger partial charge in [0, 0.05) is 10.0 Å². The minimum absolute atomic E-state index is 0.139. The van der Waals surface area contributed by atoms with Crippen molar-refractivity contribution in [2.75, 3.05) is 5.32 Å². The number of phenolic OH excluding ortho intramolecular Hbond substituents is 1. The van der Waals surface area contributed by atoms with Gasteiger partial charge in [-0.05, 0) is 46.6 Å². The Morgan fingerprint density at radius 2 is 2.00 bits per heavy atom. The molecule has 0 unspecified atom stereocenters. The number of amides is 1. The van der Waals surface area contributed by atoms with Crippen molar-refractivity contribution in [3.63, 3.8) is 0 Å². The topological polar surface area (TPSA) is 49.3 Å². The van der Waals surface area contributed by atoms with E-state index in [1.165, 1.54) is 0 Å². The van der Waals surface area contributed by atoms with E-state index in [0.717, 1.165) is 15.7 Å². The van der Waals surface area contributed by atoms with Crippen molar-refractivity contribution in [3.8, 4) is 5.75 Å². The van der Waals surface area contributed by atoms with Gasteiger partial charge in [-0.25, -0.2) is 0 Å². The van der Waals surface area contributed by atoms with Crippen molar-refractivity contribution in [1.29, 1.82) is 0 Å². The van der Waals surface area contributed by atoms with Crippen molar-refractivity contribution in [2.45, 2.75) is 13.3 Å². The van der Waals surface area contributed by atoms with E-state index in [0.29, 0.717) is 5.56 Å². The fraction of sp³-hybridized carbons (Fsp3) is 0.133. The van der Waals surface area contributed by atoms with Gasteiger partial charge in [-0.1, -0.05) is 24.3 Å². The molecule has 1 amide bonds. The molecule has 3 nitrogen and oxygen atoms in total. The number of phenols is 1. The van der Waals surface area contributed by atoms with Crippen LogP contribution >= 0.6 is 15.9 Å². The minimum Gasteiger partial charge on any atom is -0.508 e. The molecule has 0 fully saturated rings. The molecule has 2 N–H and O–H groups in total. The Labute approximate surface area is 120 Å². The number of aromatic hydroxyl groups is 1. The highest BCUT2D eigenvalue weighted by atomic mass is 79.9. The van der Waals surface area contributed by atoms with Gasteiger partial charge in [0.25, 0.3) is 0 Å². The number of nitrogens with one attached hydrogen (secondary N) is 1. The van der Waals surface area contributed by atoms with Crippen molar-refractivity contribution < 1.29 is 9.90 Å². The van der Waals surface area contributed by atoms with Crippen molar-refractivity contribution in [2.24, 2.45) is 0 Å². The summed E-state index contributed by atoms with van der Waals surface area (Å²) in [6.07, 6.45) is 0.146. The van der Waals surface area contributed by atoms with E-state index in [1.54, 1.807) is 24.3 Å². The number of rotatable bonds is 3. The standard InChI is InChI=1S/C15H14BrNO2/c1-10-6-7-13(12(16)8-10)17-15(19)9-11-4-2-3-5-14(11)18/h2-8,18H,9H2,1H3,(H,17,19). The highest BCUT2D eigenvalue weighted by Crippen LogP contribution is 2.24. The van der Waals surface area contributed by atoms with Crippen LogP contribution in [-0.2, 0) is 11.2 Å². The Bertz CT molecular complexity index is 611. The number of para-hydroxylation sites is 1. The average molecular weight is 320 g/mol. The van der Waals surface area contributed by atoms with Gasteiger partial charge in [-0.3, -0.25) is 4.79 Å². The van der Waals surface area contributed by atoms with E-state index in [2.05, 4.69) is 21.2 Å². The van der Waals surface area contributed by atoms with Crippen LogP contribution in [0.4, 0.5) is 5.69 Å². The largest absolute Gasteiger partial charge is 0.508 e. The molecule has 98 valence electrons. The zero-order chi connectivity index (χ0) is 13.8. The third-order valence-corrected chi connectivity index (χ3v) is 3.40. The van der Waals surface area contributed by atoms with E-state index in [4.69, 9.17) is 0 Å². The molecular formula is C15H14BrNO2. The maximum Gasteiger partial charge on any atom is 0.228 e. The number of anilines is 1. The Kier molecular flexibility index (Phi) is 4.22. The van der Waals surface area contributed by atoms with Gasteiger partial charge in [-0.15, -0.1) is 0 Å². The third-order valence-electron chi connectivity index (χ3n) is 2.74. The number of hydrogen-bond acceptors (Lipinski definition) is 2. The molecular weight excluding hydrogens is 306 g/mol. The van der Waals surface area contributed by atoms with Crippen LogP contribution in [0.5, 0.6) is 5.75 Å². The third kappa shape index (κ3) is 3.58. The van der Waals surface area contributed by atoms with Crippen LogP contribution in [0.25, 0.3) is 0 Å². The SMILES string of the molecule is Cc1ccc(NC(=O)Cc2ccccc2O)c(Br)c1. The second kappa shape index (κ2) is 5.89. The van der Waals surface area contributed by atoms with Gasteiger partial charge in [0.2, 0.25) is 5.91 Å². The molecule has 0 bridgehead atoms. The first kappa shape index (κ1) is 13.6. The number of carbonyl (C=O) groups excluding carboxylic acids is 1. The van der Waals surface area contributed by atoms with Crippen LogP contribution < -0.4 is 5.32 Å². The molecule has 0 aliphatic heterocycles. The van der Waals surface area contributed by atoms with Crippen molar-refractivity contribution in [1.82, 2.24) is 0 Å². The van der Waals surface area contributed by atoms with E-state index in [1.807, 2.05) is 25.1 Å². The lowest BCUT2D eigenvalue weighted by Crippen LogP contribution is -2.14. The first-order valence-corrected chi connectivity index (χ1v) is 6.68. The molecule has 0 saturated heterocycles. The number of halogens is 1. The zero-order valence-corrected chi connectivity index (χ0v) is 12.1. The number of aryl methyl sites for hydroxylation is 1. The van der Waals surface area contributed by atoms with E-state index in [-0.39, 0.29) is 18.1 Å². The van der Waals surface area contributed by atoms with Crippen molar-refractivity contribution >= 4 is 27.5 Å². The van der Waals surface area contributed by atoms with Crippen LogP contribution in [0.3, 0.4) is 0 Å². The summed E-state index contributed by atoms with van der Waals surface area (Å²) >= 11 is 3.41. The lowest BCUT2D eigenvalue weighted by molar-refractivity contribution is -0.115. The summed E-state index contributed by atoms with van der Waals surface area (Å²) in [5, 5.41) is 12.4. The quantitative estimate of drug-likeness (QED) is 0.907. The van der Waals surface area contributed by atoms with Gasteiger partial charge in [0.15, 0.2) is 0 Å². The van der Waals surface area contributed by atoms with Crippen LogP contribution in [0, 0.1) is 6.92 Å². The fourth-order valence-corrected chi connectivity index (χ4v) is 2.34. The molecule has 0 aliphatic rings. The van der Waals surface area contributed by atoms with E-state index in [9.17, 15) is 9.90 Å². The molecule has 0 aromatic heterocycles. The summed E-state index contributed by atoms with van der Waals surface area (Å²) in [5.74, 6) is -0.0216. The maximum absolute atomic E-state index is 11.9. The molecule has 0 saturated carbocycles. The number of carbonyl (C=O) groups is 1. The van der Waals surface area contributed by atoms with E-state index < -0.39 is 0 Å². The Balaban J connectivity index is 2.08. The van der Waals surface area contributed by atoms with Gasteiger partial charge < -0.3 is 10.4 Å². The Morgan fingerprint density at radius 3 is 2.68 bits per heavy atom. The summed E-state index contributed by atoms with van der Waals surface area (Å²) < 4.78 is 0.845. The van der Waals surface area contributed by atoms with Gasteiger partial charge in [0.05, 0.1) is 12.1 Å². The minimum atomic E-state index is -0.161. The molecule has 0 atom stereocenters. The normalized spacial score (nSPS) is 10.2. The molecule has 2 rings (SSSR count). The molecule has 4 heteroatoms. The summed E-state index contributed by atoms with van der Waals surface area (Å²) in [5.41, 5.74) is 2.46. The molecule has 2 aromatic carbocycles. The van der Waals surface area contributed by atoms with Gasteiger partial charge >= 0.3 is 0 Å². The fourth-order valence-electron chi connectivity index (χ4n) is 1.75. The molecule has 2 aromatic rings. The molecule has 0 heterocycles. The lowest BCUT2D eigenvalue weighted by atomic mass is 10.1. The van der Waals surface area contributed by atoms with E-state index >= 15 is 0 Å². The average Bonchev–Trinajstić information content (AvgIpc) is 2.36. The summed E-state index contributed by atoms with van der Waals surface area (Å²) in [4.78, 5) is 11.9. The van der Waals surface area contributed by atoms with Crippen LogP contribution in [0.15, 0.2) is 46.9 Å². The lowest BCUT2D eigenvalue weighted by Gasteiger charge is -2.09. The van der Waals surface area contributed by atoms with Crippen molar-refractivity contribution in [3.05, 3.63) is 58.1 Å². The van der Waals surface area contributed by atoms with Crippen LogP contribution in [0.2, 0.25) is 0 Å². The summed E-state index contributed by atoms with van der Waals surface area (Å²) in [6, 6.07) is 12.6. The van der Waals surface area contributed by atoms with Gasteiger partial charge in [0.1, 0.15) is 5.75 Å². The highest BCUT2D eigenvalue weighted by Gasteiger charge is 2.09. The maximum atomic E-state index is 11.9. The zero-order valence-electron chi connectivity index (χ0n) is 10.5. The monoisotopic (exact) mass is 319 g/mol. The Morgan fingerprint density at radius 1 is 1.26 bits per heavy atom. The predicted octanol–water partition coefficient (Wildman–Crippen LogP) is 3.64. The van der Waals surface area contributed by atoms with Crippen LogP contribution in [0.1, 0.15) is 11.1 Å². The first-order valence-electron chi connectivity index (χ1n) is 5.89. The summed E-state index contributed by atoms with van der Waals surface area (Å²) in [7, 11) is 0. The van der Waals surface area contributed by atoms with Crippen LogP contribution in [-0.4, -0.2) is 11.0 Å². The predicted molar refractivity (Wildman–Crippen MR) is 79.3 cm³/mol. The molecule has 19 heavy (non-hydrogen) atoms. The first-order chi connectivity index (χ1) is 9.06. The second-order valence-electron chi connectivity index (χ2n) is 4.34. The van der Waals surface area contributed by atoms with Gasteiger partial charge in [-0.2, -0.15) is 0 Å². The smallest absolute Gasteiger partial charge is 0.228 e. The Hall–Kier alpha value is -1.81. The highest BCUT2D eigenvalue weighted by molar-refractivity contribution is 9.10. The molecule has 0 spiro atoms. The molecule has 0 radical (unpaired) electrons. The summed E-state index contributed by atoms with van der Waals surface area (Å²) in [6.45, 7) is 1.98. The second-order valence-corrected chi connectivity index (χ2v) is 5.19. The molecule has 0 aliphatic carbocycles. The number of benzene rings is 2.